The van der Waals surface area contributed by atoms with E-state index in [0.717, 1.165) is 18.4 Å². The van der Waals surface area contributed by atoms with E-state index < -0.39 is 36.3 Å². The van der Waals surface area contributed by atoms with Gasteiger partial charge in [-0.3, -0.25) is 9.59 Å². The third-order valence-corrected chi connectivity index (χ3v) is 5.49. The Balaban J connectivity index is 1.85. The SMILES string of the molecule is NC(N)=Nc1ccc2c(c1)CCCCc1c(CC(=O)N[C@@H](CC(=O)O)C(=O)O)cccc1OC2=O. The van der Waals surface area contributed by atoms with Gasteiger partial charge in [0.1, 0.15) is 11.8 Å². The van der Waals surface area contributed by atoms with Crippen molar-refractivity contribution in [2.24, 2.45) is 16.5 Å². The number of nitrogens with two attached hydrogens (primary N) is 2. The minimum absolute atomic E-state index is 0.0875. The molecule has 0 radical (unpaired) electrons. The van der Waals surface area contributed by atoms with Gasteiger partial charge >= 0.3 is 17.9 Å². The lowest BCUT2D eigenvalue weighted by Crippen LogP contribution is -2.43. The number of carboxylic acid groups (broad SMARTS) is 2. The Bertz CT molecular complexity index is 1190. The number of amides is 1. The number of nitrogens with one attached hydrogen (secondary N) is 1. The van der Waals surface area contributed by atoms with Crippen LogP contribution in [0.15, 0.2) is 41.4 Å². The number of rotatable bonds is 7. The van der Waals surface area contributed by atoms with Crippen LogP contribution >= 0.6 is 0 Å². The minimum Gasteiger partial charge on any atom is -0.481 e. The number of nitrogens with zero attached hydrogens (tertiary/aromatic N) is 1. The van der Waals surface area contributed by atoms with Crippen molar-refractivity contribution < 1.29 is 34.1 Å². The number of fused-ring (bicyclic) bond motifs is 2. The van der Waals surface area contributed by atoms with Crippen molar-refractivity contribution in [1.82, 2.24) is 5.32 Å². The van der Waals surface area contributed by atoms with Crippen molar-refractivity contribution in [3.05, 3.63) is 58.7 Å². The second-order valence-corrected chi connectivity index (χ2v) is 8.10. The molecule has 0 unspecified atom stereocenters. The summed E-state index contributed by atoms with van der Waals surface area (Å²) in [6.07, 6.45) is 1.65. The van der Waals surface area contributed by atoms with Gasteiger partial charge < -0.3 is 31.7 Å². The van der Waals surface area contributed by atoms with Crippen molar-refractivity contribution in [3.63, 3.8) is 0 Å². The number of hydrogen-bond donors (Lipinski definition) is 5. The highest BCUT2D eigenvalue weighted by molar-refractivity contribution is 5.94. The number of carboxylic acids is 2. The van der Waals surface area contributed by atoms with E-state index in [4.69, 9.17) is 26.4 Å². The highest BCUT2D eigenvalue weighted by Crippen LogP contribution is 2.29. The summed E-state index contributed by atoms with van der Waals surface area (Å²) in [4.78, 5) is 51.6. The highest BCUT2D eigenvalue weighted by Gasteiger charge is 2.24. The van der Waals surface area contributed by atoms with Crippen molar-refractivity contribution in [2.45, 2.75) is 44.6 Å². The molecule has 0 bridgehead atoms. The third-order valence-electron chi connectivity index (χ3n) is 5.49. The predicted molar refractivity (Wildman–Crippen MR) is 125 cm³/mol. The molecule has 7 N–H and O–H groups in total. The Kier molecular flexibility index (Phi) is 8.03. The van der Waals surface area contributed by atoms with E-state index in [1.165, 1.54) is 0 Å². The van der Waals surface area contributed by atoms with Gasteiger partial charge in [0.15, 0.2) is 5.96 Å². The molecule has 1 aliphatic heterocycles. The van der Waals surface area contributed by atoms with Gasteiger partial charge in [0.2, 0.25) is 5.91 Å². The minimum atomic E-state index is -1.55. The molecule has 0 spiro atoms. The van der Waals surface area contributed by atoms with E-state index in [2.05, 4.69) is 10.3 Å². The van der Waals surface area contributed by atoms with Crippen LogP contribution in [0, 0.1) is 0 Å². The monoisotopic (exact) mass is 482 g/mol. The number of benzene rings is 2. The molecule has 3 rings (SSSR count). The number of carbonyl (C=O) groups excluding carboxylic acids is 2. The quantitative estimate of drug-likeness (QED) is 0.167. The fourth-order valence-electron chi connectivity index (χ4n) is 3.93. The first-order valence-electron chi connectivity index (χ1n) is 10.9. The fraction of sp³-hybridized carbons (Fsp3) is 0.292. The van der Waals surface area contributed by atoms with E-state index >= 15 is 0 Å². The molecule has 1 amide bonds. The molecule has 1 aliphatic rings. The summed E-state index contributed by atoms with van der Waals surface area (Å²) >= 11 is 0. The summed E-state index contributed by atoms with van der Waals surface area (Å²) in [5, 5.41) is 20.3. The standard InChI is InChI=1S/C24H26N4O7/c25-24(26)27-15-8-9-17-13(10-15)4-1-2-6-16-14(5-3-7-19(16)35-23(17)34)11-20(29)28-18(22(32)33)12-21(30)31/h3,5,7-10,18H,1-2,4,6,11-12H2,(H,28,29)(H,30,31)(H,32,33)(H4,25,26,27)/t18-/m0/s1. The van der Waals surface area contributed by atoms with Crippen LogP contribution in [0.1, 0.15) is 46.3 Å². The van der Waals surface area contributed by atoms with Crippen molar-refractivity contribution in [1.29, 1.82) is 0 Å². The van der Waals surface area contributed by atoms with E-state index in [-0.39, 0.29) is 12.4 Å². The van der Waals surface area contributed by atoms with Gasteiger partial charge in [-0.25, -0.2) is 14.6 Å². The normalized spacial score (nSPS) is 13.9. The Labute approximate surface area is 200 Å². The molecule has 2 aromatic carbocycles. The lowest BCUT2D eigenvalue weighted by molar-refractivity contribution is -0.147. The first-order chi connectivity index (χ1) is 16.6. The summed E-state index contributed by atoms with van der Waals surface area (Å²) < 4.78 is 5.69. The molecule has 0 saturated carbocycles. The van der Waals surface area contributed by atoms with Crippen molar-refractivity contribution in [3.8, 4) is 5.75 Å². The predicted octanol–water partition coefficient (Wildman–Crippen LogP) is 1.28. The zero-order valence-electron chi connectivity index (χ0n) is 18.8. The number of ether oxygens (including phenoxy) is 1. The molecule has 2 aromatic rings. The highest BCUT2D eigenvalue weighted by atomic mass is 16.5. The lowest BCUT2D eigenvalue weighted by atomic mass is 9.94. The van der Waals surface area contributed by atoms with Gasteiger partial charge in [0.25, 0.3) is 0 Å². The van der Waals surface area contributed by atoms with E-state index in [0.29, 0.717) is 41.0 Å². The average Bonchev–Trinajstić information content (AvgIpc) is 2.76. The maximum Gasteiger partial charge on any atom is 0.343 e. The Morgan fingerprint density at radius 2 is 1.83 bits per heavy atom. The summed E-state index contributed by atoms with van der Waals surface area (Å²) in [7, 11) is 0. The van der Waals surface area contributed by atoms with Crippen LogP contribution in [0.3, 0.4) is 0 Å². The maximum absolute atomic E-state index is 13.0. The maximum atomic E-state index is 13.0. The van der Waals surface area contributed by atoms with Gasteiger partial charge in [0.05, 0.1) is 24.1 Å². The number of carbonyl (C=O) groups is 4. The molecule has 0 aliphatic carbocycles. The number of hydrogen-bond acceptors (Lipinski definition) is 6. The smallest absolute Gasteiger partial charge is 0.343 e. The molecule has 184 valence electrons. The topological polar surface area (TPSA) is 194 Å². The number of guanidine groups is 1. The third kappa shape index (κ3) is 6.79. The molecule has 11 heteroatoms. The molecule has 0 fully saturated rings. The molecule has 0 aromatic heterocycles. The zero-order valence-corrected chi connectivity index (χ0v) is 18.8. The molecule has 11 nitrogen and oxygen atoms in total. The molecule has 1 heterocycles. The van der Waals surface area contributed by atoms with Crippen LogP contribution in [-0.2, 0) is 33.6 Å². The Morgan fingerprint density at radius 3 is 2.51 bits per heavy atom. The molecular weight excluding hydrogens is 456 g/mol. The second kappa shape index (κ2) is 11.1. The van der Waals surface area contributed by atoms with Gasteiger partial charge in [-0.05, 0) is 66.6 Å². The number of aliphatic imine (C=N–C) groups is 1. The van der Waals surface area contributed by atoms with Crippen LogP contribution < -0.4 is 21.5 Å². The van der Waals surface area contributed by atoms with Crippen LogP contribution in [-0.4, -0.2) is 46.0 Å². The number of aryl methyl sites for hydroxylation is 1. The molecule has 0 saturated heterocycles. The zero-order chi connectivity index (χ0) is 25.5. The summed E-state index contributed by atoms with van der Waals surface area (Å²) in [5.41, 5.74) is 13.8. The first kappa shape index (κ1) is 25.2. The summed E-state index contributed by atoms with van der Waals surface area (Å²) in [6.45, 7) is 0. The van der Waals surface area contributed by atoms with Crippen LogP contribution in [0.2, 0.25) is 0 Å². The van der Waals surface area contributed by atoms with Crippen LogP contribution in [0.25, 0.3) is 0 Å². The Morgan fingerprint density at radius 1 is 1.09 bits per heavy atom. The van der Waals surface area contributed by atoms with Crippen molar-refractivity contribution in [2.75, 3.05) is 0 Å². The Hall–Kier alpha value is -4.41. The summed E-state index contributed by atoms with van der Waals surface area (Å²) in [5.74, 6) is -3.77. The van der Waals surface area contributed by atoms with E-state index in [1.807, 2.05) is 0 Å². The van der Waals surface area contributed by atoms with Gasteiger partial charge in [-0.1, -0.05) is 12.1 Å². The second-order valence-electron chi connectivity index (χ2n) is 8.10. The number of aliphatic carboxylic acids is 2. The van der Waals surface area contributed by atoms with Gasteiger partial charge in [-0.2, -0.15) is 0 Å². The first-order valence-corrected chi connectivity index (χ1v) is 10.9. The average molecular weight is 482 g/mol. The largest absolute Gasteiger partial charge is 0.481 e. The number of esters is 1. The molecule has 1 atom stereocenters. The molecular formula is C24H26N4O7. The van der Waals surface area contributed by atoms with E-state index in [9.17, 15) is 19.2 Å². The lowest BCUT2D eigenvalue weighted by Gasteiger charge is -2.18. The molecule has 35 heavy (non-hydrogen) atoms. The van der Waals surface area contributed by atoms with E-state index in [1.54, 1.807) is 36.4 Å². The van der Waals surface area contributed by atoms with Gasteiger partial charge in [0, 0.05) is 0 Å². The van der Waals surface area contributed by atoms with Crippen molar-refractivity contribution >= 4 is 35.5 Å². The van der Waals surface area contributed by atoms with Gasteiger partial charge in [-0.15, -0.1) is 0 Å². The van der Waals surface area contributed by atoms with Crippen LogP contribution in [0.5, 0.6) is 5.75 Å². The fourth-order valence-corrected chi connectivity index (χ4v) is 3.93. The van der Waals surface area contributed by atoms with Crippen LogP contribution in [0.4, 0.5) is 5.69 Å². The summed E-state index contributed by atoms with van der Waals surface area (Å²) in [6, 6.07) is 8.38.